The van der Waals surface area contributed by atoms with E-state index in [9.17, 15) is 34.9 Å². The Kier molecular flexibility index (Phi) is 9.05. The van der Waals surface area contributed by atoms with Crippen LogP contribution in [-0.2, 0) is 14.2 Å². The molecular weight excluding hydrogens is 584 g/mol. The van der Waals surface area contributed by atoms with Crippen molar-refractivity contribution in [2.45, 2.75) is 45.5 Å². The summed E-state index contributed by atoms with van der Waals surface area (Å²) in [5, 5.41) is 51.1. The van der Waals surface area contributed by atoms with E-state index in [0.29, 0.717) is 18.4 Å². The SMILES string of the molecule is Cc1cc(/C=C(/CC[C@H]2OB(O)C[C@H]3C2=C(CO)C[C@H]2C(=O)N(c4cccc(B(O)O)c4)C(=O)[C@H]23)c2ccccc2)cc(C)c1O. The van der Waals surface area contributed by atoms with Gasteiger partial charge in [0.1, 0.15) is 5.75 Å². The molecule has 2 fully saturated rings. The van der Waals surface area contributed by atoms with Crippen LogP contribution in [0.5, 0.6) is 5.75 Å². The van der Waals surface area contributed by atoms with E-state index in [1.165, 1.54) is 12.1 Å². The van der Waals surface area contributed by atoms with Gasteiger partial charge in [0.2, 0.25) is 11.8 Å². The predicted octanol–water partition coefficient (Wildman–Crippen LogP) is 3.00. The van der Waals surface area contributed by atoms with Crippen LogP contribution in [0.15, 0.2) is 77.9 Å². The highest BCUT2D eigenvalue weighted by Gasteiger charge is 2.57. The Balaban J connectivity index is 1.32. The minimum Gasteiger partial charge on any atom is -0.507 e. The van der Waals surface area contributed by atoms with Crippen molar-refractivity contribution in [2.75, 3.05) is 11.5 Å². The molecule has 0 bridgehead atoms. The van der Waals surface area contributed by atoms with E-state index < -0.39 is 49.9 Å². The molecule has 2 aliphatic heterocycles. The van der Waals surface area contributed by atoms with Crippen LogP contribution in [-0.4, -0.2) is 64.0 Å². The number of aromatic hydroxyl groups is 1. The molecule has 11 heteroatoms. The number of rotatable bonds is 8. The number of aliphatic hydroxyl groups excluding tert-OH is 1. The summed E-state index contributed by atoms with van der Waals surface area (Å²) in [6.45, 7) is 3.43. The lowest BCUT2D eigenvalue weighted by molar-refractivity contribution is -0.122. The number of aryl methyl sites for hydroxylation is 2. The molecule has 0 aromatic heterocycles. The average Bonchev–Trinajstić information content (AvgIpc) is 3.30. The number of nitrogens with zero attached hydrogens (tertiary/aromatic N) is 1. The fraction of sp³-hybridized carbons (Fsp3) is 0.314. The Morgan fingerprint density at radius 1 is 1.00 bits per heavy atom. The molecule has 3 aliphatic rings. The van der Waals surface area contributed by atoms with Crippen LogP contribution < -0.4 is 10.4 Å². The number of anilines is 1. The highest BCUT2D eigenvalue weighted by molar-refractivity contribution is 6.58. The fourth-order valence-corrected chi connectivity index (χ4v) is 7.50. The van der Waals surface area contributed by atoms with E-state index >= 15 is 0 Å². The van der Waals surface area contributed by atoms with Crippen molar-refractivity contribution in [3.63, 3.8) is 0 Å². The molecule has 2 amide bonds. The van der Waals surface area contributed by atoms with Crippen molar-refractivity contribution in [1.82, 2.24) is 0 Å². The number of benzene rings is 3. The summed E-state index contributed by atoms with van der Waals surface area (Å²) < 4.78 is 6.10. The van der Waals surface area contributed by atoms with Gasteiger partial charge in [-0.15, -0.1) is 0 Å². The van der Waals surface area contributed by atoms with Gasteiger partial charge in [0.05, 0.1) is 30.2 Å². The minimum absolute atomic E-state index is 0.117. The zero-order chi connectivity index (χ0) is 32.7. The number of amides is 2. The van der Waals surface area contributed by atoms with E-state index in [1.54, 1.807) is 12.1 Å². The number of phenolic OH excluding ortho intramolecular Hbond substituents is 1. The normalized spacial score (nSPS) is 23.1. The monoisotopic (exact) mass is 621 g/mol. The summed E-state index contributed by atoms with van der Waals surface area (Å²) in [4.78, 5) is 28.8. The summed E-state index contributed by atoms with van der Waals surface area (Å²) in [6.07, 6.45) is 2.82. The maximum atomic E-state index is 14.0. The van der Waals surface area contributed by atoms with Gasteiger partial charge in [-0.1, -0.05) is 48.5 Å². The Labute approximate surface area is 268 Å². The summed E-state index contributed by atoms with van der Waals surface area (Å²) in [5.74, 6) is -2.50. The third kappa shape index (κ3) is 5.97. The molecule has 2 saturated heterocycles. The van der Waals surface area contributed by atoms with E-state index in [0.717, 1.165) is 38.3 Å². The molecular formula is C35H37B2NO8. The number of phenols is 1. The number of hydrogen-bond donors (Lipinski definition) is 5. The molecule has 0 saturated carbocycles. The molecule has 5 N–H and O–H groups in total. The van der Waals surface area contributed by atoms with Gasteiger partial charge in [-0.05, 0) is 114 Å². The van der Waals surface area contributed by atoms with Crippen molar-refractivity contribution in [3.05, 3.63) is 100 Å². The van der Waals surface area contributed by atoms with Gasteiger partial charge < -0.3 is 29.9 Å². The van der Waals surface area contributed by atoms with Gasteiger partial charge in [-0.3, -0.25) is 14.5 Å². The van der Waals surface area contributed by atoms with Crippen molar-refractivity contribution in [3.8, 4) is 5.75 Å². The van der Waals surface area contributed by atoms with Crippen molar-refractivity contribution in [2.24, 2.45) is 17.8 Å². The number of allylic oxidation sites excluding steroid dienone is 1. The number of aliphatic hydroxyl groups is 1. The zero-order valence-corrected chi connectivity index (χ0v) is 25.8. The van der Waals surface area contributed by atoms with Crippen LogP contribution in [0.4, 0.5) is 5.69 Å². The average molecular weight is 621 g/mol. The lowest BCUT2D eigenvalue weighted by Gasteiger charge is -2.43. The molecule has 0 radical (unpaired) electrons. The van der Waals surface area contributed by atoms with E-state index in [1.807, 2.05) is 56.3 Å². The first-order valence-electron chi connectivity index (χ1n) is 15.6. The predicted molar refractivity (Wildman–Crippen MR) is 177 cm³/mol. The molecule has 3 aromatic carbocycles. The maximum absolute atomic E-state index is 14.0. The van der Waals surface area contributed by atoms with Crippen LogP contribution >= 0.6 is 0 Å². The van der Waals surface area contributed by atoms with Crippen LogP contribution in [0.1, 0.15) is 41.5 Å². The second kappa shape index (κ2) is 13.0. The molecule has 236 valence electrons. The topological polar surface area (TPSA) is 148 Å². The molecule has 0 unspecified atom stereocenters. The zero-order valence-electron chi connectivity index (χ0n) is 25.8. The second-order valence-electron chi connectivity index (χ2n) is 12.5. The lowest BCUT2D eigenvalue weighted by Crippen LogP contribution is -2.46. The highest BCUT2D eigenvalue weighted by Crippen LogP contribution is 2.51. The summed E-state index contributed by atoms with van der Waals surface area (Å²) in [6, 6.07) is 19.8. The van der Waals surface area contributed by atoms with E-state index in [2.05, 4.69) is 6.08 Å². The molecule has 9 nitrogen and oxygen atoms in total. The third-order valence-corrected chi connectivity index (χ3v) is 9.60. The molecule has 2 heterocycles. The van der Waals surface area contributed by atoms with Gasteiger partial charge in [0, 0.05) is 0 Å². The number of fused-ring (bicyclic) bond motifs is 3. The third-order valence-electron chi connectivity index (χ3n) is 9.60. The van der Waals surface area contributed by atoms with Gasteiger partial charge in [-0.25, -0.2) is 0 Å². The van der Waals surface area contributed by atoms with Crippen LogP contribution in [0.2, 0.25) is 6.32 Å². The quantitative estimate of drug-likeness (QED) is 0.112. The minimum atomic E-state index is -1.76. The number of hydrogen-bond acceptors (Lipinski definition) is 8. The van der Waals surface area contributed by atoms with Crippen LogP contribution in [0.3, 0.4) is 0 Å². The Bertz CT molecular complexity index is 1700. The Hall–Kier alpha value is -3.99. The van der Waals surface area contributed by atoms with E-state index in [4.69, 9.17) is 4.65 Å². The Morgan fingerprint density at radius 2 is 1.72 bits per heavy atom. The lowest BCUT2D eigenvalue weighted by atomic mass is 9.58. The molecule has 6 rings (SSSR count). The smallest absolute Gasteiger partial charge is 0.488 e. The molecule has 4 atom stereocenters. The van der Waals surface area contributed by atoms with Crippen molar-refractivity contribution >= 4 is 48.9 Å². The summed E-state index contributed by atoms with van der Waals surface area (Å²) >= 11 is 0. The van der Waals surface area contributed by atoms with E-state index in [-0.39, 0.29) is 36.2 Å². The van der Waals surface area contributed by atoms with Crippen molar-refractivity contribution < 1.29 is 39.5 Å². The van der Waals surface area contributed by atoms with Gasteiger partial charge in [-0.2, -0.15) is 0 Å². The highest BCUT2D eigenvalue weighted by atomic mass is 16.5. The van der Waals surface area contributed by atoms with Crippen LogP contribution in [0.25, 0.3) is 11.6 Å². The first-order chi connectivity index (χ1) is 22.1. The molecule has 1 aliphatic carbocycles. The standard InChI is InChI=1S/C35H37B2NO8/c1-20-13-22(14-21(2)33(20)40)15-24(23-7-4-3-5-8-23)11-12-30-31-25(19-39)16-28-32(29(31)18-36(43)46-30)35(42)38(34(28)41)27-10-6-9-26(17-27)37(44)45/h3-10,13-15,17,28-30,32,39-40,43-45H,11-12,16,18-19H2,1-2H3/b24-15-/t28-,29+,30-,32-/m1/s1. The molecule has 3 aromatic rings. The summed E-state index contributed by atoms with van der Waals surface area (Å²) in [7, 11) is -2.92. The van der Waals surface area contributed by atoms with Crippen LogP contribution in [0, 0.1) is 31.6 Å². The Morgan fingerprint density at radius 3 is 2.39 bits per heavy atom. The maximum Gasteiger partial charge on any atom is 0.488 e. The summed E-state index contributed by atoms with van der Waals surface area (Å²) in [5.41, 5.74) is 6.38. The first-order valence-corrected chi connectivity index (χ1v) is 15.6. The second-order valence-corrected chi connectivity index (χ2v) is 12.5. The van der Waals surface area contributed by atoms with Gasteiger partial charge in [0.15, 0.2) is 0 Å². The largest absolute Gasteiger partial charge is 0.507 e. The number of imide groups is 1. The first kappa shape index (κ1) is 32.0. The fourth-order valence-electron chi connectivity index (χ4n) is 7.50. The van der Waals surface area contributed by atoms with Gasteiger partial charge >= 0.3 is 14.2 Å². The number of carbonyl (C=O) groups excluding carboxylic acids is 2. The van der Waals surface area contributed by atoms with Crippen molar-refractivity contribution in [1.29, 1.82) is 0 Å². The van der Waals surface area contributed by atoms with Gasteiger partial charge in [0.25, 0.3) is 0 Å². The number of carbonyl (C=O) groups is 2. The molecule has 46 heavy (non-hydrogen) atoms. The molecule has 0 spiro atoms.